The van der Waals surface area contributed by atoms with E-state index < -0.39 is 5.82 Å². The predicted octanol–water partition coefficient (Wildman–Crippen LogP) is 4.34. The maximum absolute atomic E-state index is 13.4. The molecule has 1 aliphatic heterocycles. The zero-order valence-corrected chi connectivity index (χ0v) is 20.5. The fraction of sp³-hybridized carbons (Fsp3) is 0.360. The number of piperidine rings is 1. The number of nitrogens with zero attached hydrogens (tertiary/aromatic N) is 5. The molecular formula is C25H27FN6O2S. The van der Waals surface area contributed by atoms with Gasteiger partial charge in [0.05, 0.1) is 16.8 Å². The number of aromatic nitrogens is 4. The van der Waals surface area contributed by atoms with Gasteiger partial charge in [-0.3, -0.25) is 18.6 Å². The molecule has 3 heterocycles. The van der Waals surface area contributed by atoms with Crippen LogP contribution in [0.15, 0.2) is 53.7 Å². The quantitative estimate of drug-likeness (QED) is 0.403. The van der Waals surface area contributed by atoms with Crippen molar-refractivity contribution in [3.05, 3.63) is 54.3 Å². The van der Waals surface area contributed by atoms with Gasteiger partial charge in [0.1, 0.15) is 12.4 Å². The molecule has 4 aromatic rings. The van der Waals surface area contributed by atoms with E-state index in [9.17, 15) is 14.0 Å². The Morgan fingerprint density at radius 1 is 1.06 bits per heavy atom. The lowest BCUT2D eigenvalue weighted by atomic mass is 9.97. The first-order chi connectivity index (χ1) is 16.9. The van der Waals surface area contributed by atoms with Gasteiger partial charge >= 0.3 is 0 Å². The van der Waals surface area contributed by atoms with Gasteiger partial charge in [0.2, 0.25) is 17.6 Å². The van der Waals surface area contributed by atoms with Crippen molar-refractivity contribution in [2.75, 3.05) is 11.1 Å². The molecule has 10 heteroatoms. The summed E-state index contributed by atoms with van der Waals surface area (Å²) in [6, 6.07) is 14.0. The largest absolute Gasteiger partial charge is 0.336 e. The lowest BCUT2D eigenvalue weighted by Gasteiger charge is -2.39. The van der Waals surface area contributed by atoms with Gasteiger partial charge in [-0.15, -0.1) is 10.2 Å². The maximum Gasteiger partial charge on any atom is 0.243 e. The summed E-state index contributed by atoms with van der Waals surface area (Å²) in [6.45, 7) is 4.39. The van der Waals surface area contributed by atoms with Crippen molar-refractivity contribution in [3.63, 3.8) is 0 Å². The molecule has 182 valence electrons. The number of rotatable bonds is 6. The van der Waals surface area contributed by atoms with Crippen molar-refractivity contribution in [2.24, 2.45) is 0 Å². The number of likely N-dealkylation sites (tertiary alicyclic amines) is 1. The topological polar surface area (TPSA) is 84.5 Å². The summed E-state index contributed by atoms with van der Waals surface area (Å²) in [6.07, 6.45) is 3.17. The standard InChI is InChI=1S/C25H27FN6O2S/c1-16-7-5-8-17(2)31(16)23(34)14-30-20-11-3-4-12-21(20)32-24(30)28-29-25(32)35-15-22(33)27-19-10-6-9-18(26)13-19/h3-4,6,9-13,16-17H,5,7-8,14-15H2,1-2H3,(H,27,33)/t16-,17-/m1/s1. The summed E-state index contributed by atoms with van der Waals surface area (Å²) in [4.78, 5) is 27.8. The van der Waals surface area contributed by atoms with E-state index in [0.29, 0.717) is 16.6 Å². The van der Waals surface area contributed by atoms with E-state index in [4.69, 9.17) is 0 Å². The van der Waals surface area contributed by atoms with Gasteiger partial charge < -0.3 is 10.2 Å². The van der Waals surface area contributed by atoms with E-state index in [1.807, 2.05) is 38.1 Å². The highest BCUT2D eigenvalue weighted by molar-refractivity contribution is 7.99. The van der Waals surface area contributed by atoms with Crippen LogP contribution in [-0.4, -0.2) is 53.7 Å². The number of benzene rings is 2. The average molecular weight is 495 g/mol. The summed E-state index contributed by atoms with van der Waals surface area (Å²) >= 11 is 1.24. The molecule has 8 nitrogen and oxygen atoms in total. The number of halogens is 1. The lowest BCUT2D eigenvalue weighted by Crippen LogP contribution is -2.48. The molecule has 1 N–H and O–H groups in total. The Hall–Kier alpha value is -3.40. The Balaban J connectivity index is 1.39. The Kier molecular flexibility index (Phi) is 6.46. The minimum Gasteiger partial charge on any atom is -0.336 e. The van der Waals surface area contributed by atoms with Gasteiger partial charge in [0, 0.05) is 17.8 Å². The van der Waals surface area contributed by atoms with Gasteiger partial charge in [-0.25, -0.2) is 4.39 Å². The lowest BCUT2D eigenvalue weighted by molar-refractivity contribution is -0.137. The summed E-state index contributed by atoms with van der Waals surface area (Å²) in [5, 5.41) is 11.9. The van der Waals surface area contributed by atoms with E-state index >= 15 is 0 Å². The van der Waals surface area contributed by atoms with Crippen LogP contribution >= 0.6 is 11.8 Å². The van der Waals surface area contributed by atoms with Crippen LogP contribution in [0.3, 0.4) is 0 Å². The van der Waals surface area contributed by atoms with Crippen LogP contribution < -0.4 is 5.32 Å². The van der Waals surface area contributed by atoms with Crippen molar-refractivity contribution < 1.29 is 14.0 Å². The molecule has 0 radical (unpaired) electrons. The molecule has 0 spiro atoms. The molecule has 2 amide bonds. The van der Waals surface area contributed by atoms with E-state index in [2.05, 4.69) is 29.4 Å². The van der Waals surface area contributed by atoms with E-state index in [1.54, 1.807) is 12.1 Å². The Bertz CT molecular complexity index is 1390. The Morgan fingerprint density at radius 2 is 1.80 bits per heavy atom. The number of para-hydroxylation sites is 2. The van der Waals surface area contributed by atoms with Gasteiger partial charge in [-0.05, 0) is 63.4 Å². The van der Waals surface area contributed by atoms with Crippen LogP contribution in [0.4, 0.5) is 10.1 Å². The molecule has 5 rings (SSSR count). The molecule has 2 aromatic heterocycles. The molecule has 0 unspecified atom stereocenters. The SMILES string of the molecule is C[C@@H]1CCC[C@@H](C)N1C(=O)Cn1c2ccccc2n2c(SCC(=O)Nc3cccc(F)c3)nnc12. The second-order valence-corrected chi connectivity index (χ2v) is 9.91. The third-order valence-corrected chi connectivity index (χ3v) is 7.42. The highest BCUT2D eigenvalue weighted by Gasteiger charge is 2.30. The van der Waals surface area contributed by atoms with Gasteiger partial charge in [0.25, 0.3) is 0 Å². The third-order valence-electron chi connectivity index (χ3n) is 6.49. The molecule has 0 bridgehead atoms. The number of carbonyl (C=O) groups is 2. The number of carbonyl (C=O) groups excluding carboxylic acids is 2. The van der Waals surface area contributed by atoms with Gasteiger partial charge in [0.15, 0.2) is 5.16 Å². The number of thioether (sulfide) groups is 1. The minimum absolute atomic E-state index is 0.0691. The van der Waals surface area contributed by atoms with Crippen LogP contribution in [0.5, 0.6) is 0 Å². The molecular weight excluding hydrogens is 467 g/mol. The highest BCUT2D eigenvalue weighted by atomic mass is 32.2. The van der Waals surface area contributed by atoms with Crippen LogP contribution in [-0.2, 0) is 16.1 Å². The van der Waals surface area contributed by atoms with E-state index in [1.165, 1.54) is 23.9 Å². The van der Waals surface area contributed by atoms with Crippen LogP contribution in [0.2, 0.25) is 0 Å². The number of anilines is 1. The monoisotopic (exact) mass is 494 g/mol. The zero-order valence-electron chi connectivity index (χ0n) is 19.6. The molecule has 35 heavy (non-hydrogen) atoms. The fourth-order valence-corrected chi connectivity index (χ4v) is 5.65. The highest BCUT2D eigenvalue weighted by Crippen LogP contribution is 2.28. The first kappa shape index (κ1) is 23.3. The first-order valence-electron chi connectivity index (χ1n) is 11.7. The number of imidazole rings is 1. The van der Waals surface area contributed by atoms with Gasteiger partial charge in [-0.1, -0.05) is 30.0 Å². The maximum atomic E-state index is 13.4. The minimum atomic E-state index is -0.412. The van der Waals surface area contributed by atoms with Crippen molar-refractivity contribution in [2.45, 2.75) is 56.9 Å². The smallest absolute Gasteiger partial charge is 0.243 e. The fourth-order valence-electron chi connectivity index (χ4n) is 4.91. The Morgan fingerprint density at radius 3 is 2.54 bits per heavy atom. The molecule has 2 atom stereocenters. The first-order valence-corrected chi connectivity index (χ1v) is 12.7. The van der Waals surface area contributed by atoms with Crippen LogP contribution in [0, 0.1) is 5.82 Å². The van der Waals surface area contributed by atoms with Crippen LogP contribution in [0.25, 0.3) is 16.8 Å². The summed E-state index contributed by atoms with van der Waals surface area (Å²) in [5.41, 5.74) is 2.15. The number of amides is 2. The van der Waals surface area contributed by atoms with E-state index in [-0.39, 0.29) is 36.2 Å². The van der Waals surface area contributed by atoms with Crippen molar-refractivity contribution >= 4 is 46.1 Å². The van der Waals surface area contributed by atoms with Crippen LogP contribution in [0.1, 0.15) is 33.1 Å². The van der Waals surface area contributed by atoms with Crippen molar-refractivity contribution in [1.29, 1.82) is 0 Å². The number of nitrogens with one attached hydrogen (secondary N) is 1. The zero-order chi connectivity index (χ0) is 24.5. The van der Waals surface area contributed by atoms with Gasteiger partial charge in [-0.2, -0.15) is 0 Å². The number of hydrogen-bond donors (Lipinski definition) is 1. The second-order valence-electron chi connectivity index (χ2n) is 8.97. The predicted molar refractivity (Wildman–Crippen MR) is 134 cm³/mol. The summed E-state index contributed by atoms with van der Waals surface area (Å²) in [5.74, 6) is 0.0256. The second kappa shape index (κ2) is 9.69. The normalized spacial score (nSPS) is 18.3. The van der Waals surface area contributed by atoms with Crippen molar-refractivity contribution in [1.82, 2.24) is 24.1 Å². The third kappa shape index (κ3) is 4.62. The average Bonchev–Trinajstić information content (AvgIpc) is 3.37. The number of hydrogen-bond acceptors (Lipinski definition) is 5. The molecule has 0 aliphatic carbocycles. The molecule has 1 aliphatic rings. The molecule has 2 aromatic carbocycles. The van der Waals surface area contributed by atoms with E-state index in [0.717, 1.165) is 30.3 Å². The number of fused-ring (bicyclic) bond motifs is 3. The van der Waals surface area contributed by atoms with Crippen molar-refractivity contribution in [3.8, 4) is 0 Å². The molecule has 0 saturated carbocycles. The molecule has 1 fully saturated rings. The summed E-state index contributed by atoms with van der Waals surface area (Å²) < 4.78 is 17.2. The molecule has 1 saturated heterocycles. The Labute approximate surface area is 206 Å². The summed E-state index contributed by atoms with van der Waals surface area (Å²) in [7, 11) is 0.